The predicted octanol–water partition coefficient (Wildman–Crippen LogP) is 3.64. The number of rotatable bonds is 2. The van der Waals surface area contributed by atoms with E-state index >= 15 is 0 Å². The molecule has 0 spiro atoms. The summed E-state index contributed by atoms with van der Waals surface area (Å²) in [5.74, 6) is -0.178. The molecule has 0 amide bonds. The van der Waals surface area contributed by atoms with Crippen LogP contribution in [0.4, 0.5) is 5.82 Å². The Balaban J connectivity index is 1.76. The smallest absolute Gasteiger partial charge is 0.152 e. The molecule has 0 saturated heterocycles. The molecule has 1 aliphatic rings. The van der Waals surface area contributed by atoms with E-state index in [-0.39, 0.29) is 5.92 Å². The standard InChI is InChI=1S/C19H12N6OS/c20-8-13-16(12-5-2-6-15-18(12)25-26-24-15)14-9-21-23-19(14)22-17(13)10-3-1-4-11(27)7-10/h1-7,9,13,16,27H,(H,21,23). The van der Waals surface area contributed by atoms with Gasteiger partial charge in [0, 0.05) is 16.4 Å². The maximum atomic E-state index is 10.1. The highest BCUT2D eigenvalue weighted by Gasteiger charge is 2.38. The van der Waals surface area contributed by atoms with Gasteiger partial charge in [-0.15, -0.1) is 12.6 Å². The highest BCUT2D eigenvalue weighted by atomic mass is 32.1. The number of hydrogen-bond donors (Lipinski definition) is 2. The van der Waals surface area contributed by atoms with Gasteiger partial charge in [-0.1, -0.05) is 24.3 Å². The van der Waals surface area contributed by atoms with Gasteiger partial charge in [-0.3, -0.25) is 5.10 Å². The molecule has 0 aliphatic carbocycles. The van der Waals surface area contributed by atoms with Crippen molar-refractivity contribution in [1.82, 2.24) is 20.5 Å². The molecule has 2 atom stereocenters. The van der Waals surface area contributed by atoms with Crippen molar-refractivity contribution in [3.8, 4) is 6.07 Å². The number of benzene rings is 2. The van der Waals surface area contributed by atoms with Gasteiger partial charge in [0.25, 0.3) is 0 Å². The van der Waals surface area contributed by atoms with E-state index < -0.39 is 5.92 Å². The van der Waals surface area contributed by atoms with Crippen molar-refractivity contribution in [3.63, 3.8) is 0 Å². The number of aromatic amines is 1. The second-order valence-corrected chi connectivity index (χ2v) is 6.80. The fourth-order valence-electron chi connectivity index (χ4n) is 3.60. The second-order valence-electron chi connectivity index (χ2n) is 6.28. The van der Waals surface area contributed by atoms with Crippen LogP contribution in [-0.2, 0) is 0 Å². The number of aromatic nitrogens is 4. The molecule has 3 heterocycles. The maximum absolute atomic E-state index is 10.1. The number of nitrogens with zero attached hydrogens (tertiary/aromatic N) is 5. The van der Waals surface area contributed by atoms with E-state index in [0.29, 0.717) is 22.6 Å². The summed E-state index contributed by atoms with van der Waals surface area (Å²) in [6.07, 6.45) is 1.71. The van der Waals surface area contributed by atoms with E-state index in [1.54, 1.807) is 6.20 Å². The van der Waals surface area contributed by atoms with Crippen molar-refractivity contribution < 1.29 is 4.63 Å². The lowest BCUT2D eigenvalue weighted by molar-refractivity contribution is 0.315. The number of aliphatic imine (C=N–C) groups is 1. The minimum atomic E-state index is -0.521. The highest BCUT2D eigenvalue weighted by Crippen LogP contribution is 2.44. The maximum Gasteiger partial charge on any atom is 0.152 e. The molecule has 0 bridgehead atoms. The fraction of sp³-hybridized carbons (Fsp3) is 0.105. The first-order chi connectivity index (χ1) is 13.3. The first kappa shape index (κ1) is 15.8. The molecule has 130 valence electrons. The molecule has 4 aromatic rings. The Kier molecular flexibility index (Phi) is 3.55. The molecule has 1 N–H and O–H groups in total. The number of hydrogen-bond acceptors (Lipinski definition) is 7. The van der Waals surface area contributed by atoms with E-state index in [4.69, 9.17) is 9.62 Å². The zero-order valence-corrected chi connectivity index (χ0v) is 14.8. The molecule has 0 fully saturated rings. The normalized spacial score (nSPS) is 18.7. The summed E-state index contributed by atoms with van der Waals surface area (Å²) in [4.78, 5) is 5.50. The van der Waals surface area contributed by atoms with Crippen LogP contribution in [-0.4, -0.2) is 26.2 Å². The summed E-state index contributed by atoms with van der Waals surface area (Å²) in [5, 5.41) is 25.1. The van der Waals surface area contributed by atoms with Crippen molar-refractivity contribution in [1.29, 1.82) is 5.26 Å². The number of thiol groups is 1. The van der Waals surface area contributed by atoms with Gasteiger partial charge in [0.2, 0.25) is 0 Å². The monoisotopic (exact) mass is 372 g/mol. The van der Waals surface area contributed by atoms with Crippen LogP contribution in [0.15, 0.2) is 63.2 Å². The van der Waals surface area contributed by atoms with Crippen LogP contribution >= 0.6 is 12.6 Å². The van der Waals surface area contributed by atoms with Gasteiger partial charge in [-0.2, -0.15) is 10.4 Å². The minimum Gasteiger partial charge on any atom is -0.261 e. The van der Waals surface area contributed by atoms with Gasteiger partial charge < -0.3 is 0 Å². The highest BCUT2D eigenvalue weighted by molar-refractivity contribution is 7.80. The molecule has 0 saturated carbocycles. The molecule has 8 heteroatoms. The number of nitrogens with one attached hydrogen (secondary N) is 1. The van der Waals surface area contributed by atoms with E-state index in [0.717, 1.165) is 21.6 Å². The van der Waals surface area contributed by atoms with Crippen LogP contribution in [0.2, 0.25) is 0 Å². The van der Waals surface area contributed by atoms with Crippen LogP contribution in [0, 0.1) is 17.2 Å². The van der Waals surface area contributed by atoms with Gasteiger partial charge in [0.1, 0.15) is 17.0 Å². The van der Waals surface area contributed by atoms with Gasteiger partial charge >= 0.3 is 0 Å². The van der Waals surface area contributed by atoms with E-state index in [2.05, 4.69) is 39.2 Å². The lowest BCUT2D eigenvalue weighted by atomic mass is 9.76. The largest absolute Gasteiger partial charge is 0.261 e. The third-order valence-corrected chi connectivity index (χ3v) is 5.05. The van der Waals surface area contributed by atoms with E-state index in [1.165, 1.54) is 0 Å². The molecule has 2 unspecified atom stereocenters. The summed E-state index contributed by atoms with van der Waals surface area (Å²) in [7, 11) is 0. The van der Waals surface area contributed by atoms with E-state index in [9.17, 15) is 5.26 Å². The summed E-state index contributed by atoms with van der Waals surface area (Å²) in [6.45, 7) is 0. The van der Waals surface area contributed by atoms with Crippen molar-refractivity contribution in [2.75, 3.05) is 0 Å². The van der Waals surface area contributed by atoms with Crippen LogP contribution in [0.25, 0.3) is 11.0 Å². The molecular weight excluding hydrogens is 360 g/mol. The third kappa shape index (κ3) is 2.44. The topological polar surface area (TPSA) is 104 Å². The van der Waals surface area contributed by atoms with Crippen LogP contribution in [0.5, 0.6) is 0 Å². The Morgan fingerprint density at radius 3 is 2.85 bits per heavy atom. The van der Waals surface area contributed by atoms with Crippen LogP contribution in [0.3, 0.4) is 0 Å². The Labute approximate surface area is 159 Å². The second kappa shape index (κ2) is 6.07. The Morgan fingerprint density at radius 1 is 1.11 bits per heavy atom. The SMILES string of the molecule is N#CC1C(c2cccc(S)c2)=Nc2[nH]ncc2C1c1cccc2nonc12. The zero-order valence-electron chi connectivity index (χ0n) is 13.9. The Morgan fingerprint density at radius 2 is 2.00 bits per heavy atom. The minimum absolute atomic E-state index is 0.296. The van der Waals surface area contributed by atoms with Crippen LogP contribution in [0.1, 0.15) is 22.6 Å². The number of nitriles is 1. The summed E-state index contributed by atoms with van der Waals surface area (Å²) in [6, 6.07) is 15.7. The average Bonchev–Trinajstić information content (AvgIpc) is 3.35. The van der Waals surface area contributed by atoms with Crippen molar-refractivity contribution in [3.05, 3.63) is 65.4 Å². The Bertz CT molecular complexity index is 1230. The van der Waals surface area contributed by atoms with Gasteiger partial charge in [0.05, 0.1) is 18.0 Å². The quantitative estimate of drug-likeness (QED) is 0.523. The summed E-state index contributed by atoms with van der Waals surface area (Å²) in [5.41, 5.74) is 4.52. The first-order valence-corrected chi connectivity index (χ1v) is 8.73. The number of H-pyrrole nitrogens is 1. The average molecular weight is 372 g/mol. The molecule has 7 nitrogen and oxygen atoms in total. The Hall–Kier alpha value is -3.44. The van der Waals surface area contributed by atoms with Crippen molar-refractivity contribution in [2.24, 2.45) is 10.9 Å². The lowest BCUT2D eigenvalue weighted by Gasteiger charge is -2.27. The molecule has 2 aromatic heterocycles. The third-order valence-electron chi connectivity index (χ3n) is 4.78. The van der Waals surface area contributed by atoms with Gasteiger partial charge in [-0.05, 0) is 39.6 Å². The van der Waals surface area contributed by atoms with E-state index in [1.807, 2.05) is 42.5 Å². The zero-order chi connectivity index (χ0) is 18.4. The molecule has 27 heavy (non-hydrogen) atoms. The van der Waals surface area contributed by atoms with Crippen LogP contribution < -0.4 is 0 Å². The van der Waals surface area contributed by atoms with Crippen molar-refractivity contribution in [2.45, 2.75) is 10.8 Å². The molecule has 0 radical (unpaired) electrons. The van der Waals surface area contributed by atoms with Gasteiger partial charge in [0.15, 0.2) is 5.82 Å². The molecule has 5 rings (SSSR count). The van der Waals surface area contributed by atoms with Crippen molar-refractivity contribution >= 4 is 35.2 Å². The fourth-order valence-corrected chi connectivity index (χ4v) is 3.83. The molecular formula is C19H12N6OS. The number of fused-ring (bicyclic) bond motifs is 2. The predicted molar refractivity (Wildman–Crippen MR) is 101 cm³/mol. The molecule has 1 aliphatic heterocycles. The first-order valence-electron chi connectivity index (χ1n) is 8.28. The lowest BCUT2D eigenvalue weighted by Crippen LogP contribution is -2.26. The van der Waals surface area contributed by atoms with Gasteiger partial charge in [-0.25, -0.2) is 9.62 Å². The molecule has 2 aromatic carbocycles. The summed E-state index contributed by atoms with van der Waals surface area (Å²) >= 11 is 4.42. The summed E-state index contributed by atoms with van der Waals surface area (Å²) < 4.78 is 4.92.